The Kier molecular flexibility index (Phi) is 5.04. The maximum Gasteiger partial charge on any atom is 0.0528 e. The van der Waals surface area contributed by atoms with E-state index in [2.05, 4.69) is 71.1 Å². The van der Waals surface area contributed by atoms with E-state index in [0.717, 1.165) is 22.2 Å². The van der Waals surface area contributed by atoms with E-state index in [1.54, 1.807) is 11.9 Å². The van der Waals surface area contributed by atoms with E-state index in [1.807, 2.05) is 0 Å². The van der Waals surface area contributed by atoms with E-state index in [-0.39, 0.29) is 4.75 Å². The first kappa shape index (κ1) is 17.9. The van der Waals surface area contributed by atoms with Crippen LogP contribution in [0, 0.1) is 11.3 Å². The van der Waals surface area contributed by atoms with Crippen LogP contribution < -0.4 is 0 Å². The molecule has 2 atom stereocenters. The molecule has 0 aromatic heterocycles. The summed E-state index contributed by atoms with van der Waals surface area (Å²) >= 11 is 8.17. The average Bonchev–Trinajstić information content (AvgIpc) is 3.14. The molecule has 22 heavy (non-hydrogen) atoms. The molecule has 0 radical (unpaired) electrons. The molecule has 1 aliphatic carbocycles. The Labute approximate surface area is 145 Å². The van der Waals surface area contributed by atoms with E-state index >= 15 is 0 Å². The molecule has 1 saturated carbocycles. The minimum absolute atomic E-state index is 0.138. The van der Waals surface area contributed by atoms with Crippen LogP contribution in [0.3, 0.4) is 0 Å². The highest BCUT2D eigenvalue weighted by atomic mass is 35.5. The molecule has 0 saturated heterocycles. The highest BCUT2D eigenvalue weighted by molar-refractivity contribution is 7.99. The van der Waals surface area contributed by atoms with Crippen LogP contribution in [0.4, 0.5) is 0 Å². The van der Waals surface area contributed by atoms with Crippen LogP contribution in [0.1, 0.15) is 71.9 Å². The fourth-order valence-corrected chi connectivity index (χ4v) is 3.64. The molecule has 3 heteroatoms. The first-order valence-corrected chi connectivity index (χ1v) is 9.17. The first-order chi connectivity index (χ1) is 9.99. The molecule has 1 aromatic rings. The SMILES string of the molecule is CC(=NSC(C)(C)C)c1ccc([C@@H]2C[C@H]2C(C)(C)C)c(Cl)c1. The summed E-state index contributed by atoms with van der Waals surface area (Å²) in [5, 5.41) is 0.893. The Bertz CT molecular complexity index is 578. The zero-order valence-electron chi connectivity index (χ0n) is 14.8. The molecule has 0 N–H and O–H groups in total. The number of hydrogen-bond acceptors (Lipinski definition) is 2. The van der Waals surface area contributed by atoms with E-state index < -0.39 is 0 Å². The highest BCUT2D eigenvalue weighted by Gasteiger charge is 2.46. The van der Waals surface area contributed by atoms with Gasteiger partial charge < -0.3 is 0 Å². The summed E-state index contributed by atoms with van der Waals surface area (Å²) in [6, 6.07) is 6.45. The Morgan fingerprint density at radius 2 is 1.82 bits per heavy atom. The fourth-order valence-electron chi connectivity index (χ4n) is 2.81. The van der Waals surface area contributed by atoms with Gasteiger partial charge in [0.25, 0.3) is 0 Å². The van der Waals surface area contributed by atoms with Gasteiger partial charge in [-0.15, -0.1) is 0 Å². The number of benzene rings is 1. The molecular formula is C19H28ClNS. The van der Waals surface area contributed by atoms with Crippen molar-refractivity contribution in [3.63, 3.8) is 0 Å². The van der Waals surface area contributed by atoms with Crippen LogP contribution in [-0.4, -0.2) is 10.5 Å². The number of hydrogen-bond donors (Lipinski definition) is 0. The standard InChI is InChI=1S/C19H28ClNS/c1-12(21-22-19(5,6)7)13-8-9-14(17(20)10-13)15-11-16(15)18(2,3)4/h8-10,15-16H,11H2,1-7H3/t15-,16+/m0/s1. The molecule has 0 unspecified atom stereocenters. The van der Waals surface area contributed by atoms with Crippen LogP contribution in [0.2, 0.25) is 5.02 Å². The van der Waals surface area contributed by atoms with Gasteiger partial charge in [0.2, 0.25) is 0 Å². The summed E-state index contributed by atoms with van der Waals surface area (Å²) < 4.78 is 4.76. The molecule has 0 spiro atoms. The second-order valence-corrected chi connectivity index (χ2v) is 10.4. The van der Waals surface area contributed by atoms with Crippen molar-refractivity contribution in [3.05, 3.63) is 34.3 Å². The number of rotatable bonds is 3. The van der Waals surface area contributed by atoms with Gasteiger partial charge in [0, 0.05) is 9.77 Å². The summed E-state index contributed by atoms with van der Waals surface area (Å²) in [6.45, 7) is 15.5. The monoisotopic (exact) mass is 337 g/mol. The van der Waals surface area contributed by atoms with Crippen molar-refractivity contribution in [2.24, 2.45) is 15.7 Å². The lowest BCUT2D eigenvalue weighted by Gasteiger charge is -2.18. The highest BCUT2D eigenvalue weighted by Crippen LogP contribution is 2.57. The van der Waals surface area contributed by atoms with E-state index in [1.165, 1.54) is 12.0 Å². The predicted molar refractivity (Wildman–Crippen MR) is 101 cm³/mol. The maximum atomic E-state index is 6.55. The number of halogens is 1. The Balaban J connectivity index is 2.14. The number of nitrogens with zero attached hydrogens (tertiary/aromatic N) is 1. The third-order valence-electron chi connectivity index (χ3n) is 4.18. The minimum Gasteiger partial charge on any atom is -0.220 e. The Morgan fingerprint density at radius 3 is 2.27 bits per heavy atom. The van der Waals surface area contributed by atoms with Crippen molar-refractivity contribution in [3.8, 4) is 0 Å². The molecular weight excluding hydrogens is 310 g/mol. The molecule has 0 amide bonds. The smallest absolute Gasteiger partial charge is 0.0528 e. The van der Waals surface area contributed by atoms with Gasteiger partial charge in [0.1, 0.15) is 0 Å². The van der Waals surface area contributed by atoms with Gasteiger partial charge >= 0.3 is 0 Å². The van der Waals surface area contributed by atoms with Crippen molar-refractivity contribution in [1.29, 1.82) is 0 Å². The Hall–Kier alpha value is -0.470. The largest absolute Gasteiger partial charge is 0.220 e. The quantitative estimate of drug-likeness (QED) is 0.439. The van der Waals surface area contributed by atoms with Crippen molar-refractivity contribution < 1.29 is 0 Å². The zero-order chi connectivity index (χ0) is 16.7. The van der Waals surface area contributed by atoms with Crippen molar-refractivity contribution in [2.75, 3.05) is 0 Å². The minimum atomic E-state index is 0.138. The molecule has 122 valence electrons. The van der Waals surface area contributed by atoms with E-state index in [4.69, 9.17) is 11.6 Å². The van der Waals surface area contributed by atoms with E-state index in [9.17, 15) is 0 Å². The normalized spacial score (nSPS) is 22.8. The van der Waals surface area contributed by atoms with Crippen LogP contribution in [0.25, 0.3) is 0 Å². The lowest BCUT2D eigenvalue weighted by Crippen LogP contribution is -2.09. The van der Waals surface area contributed by atoms with Crippen molar-refractivity contribution in [2.45, 2.75) is 65.6 Å². The molecule has 0 heterocycles. The third-order valence-corrected chi connectivity index (χ3v) is 5.42. The van der Waals surface area contributed by atoms with Gasteiger partial charge in [-0.05, 0) is 80.5 Å². The summed E-state index contributed by atoms with van der Waals surface area (Å²) in [5.74, 6) is 1.38. The second-order valence-electron chi connectivity index (χ2n) is 8.43. The average molecular weight is 338 g/mol. The van der Waals surface area contributed by atoms with Crippen molar-refractivity contribution in [1.82, 2.24) is 0 Å². The molecule has 2 rings (SSSR count). The maximum absolute atomic E-state index is 6.55. The Morgan fingerprint density at radius 1 is 1.18 bits per heavy atom. The molecule has 1 aromatic carbocycles. The van der Waals surface area contributed by atoms with Gasteiger partial charge in [0.05, 0.1) is 5.71 Å². The summed E-state index contributed by atoms with van der Waals surface area (Å²) in [7, 11) is 0. The molecule has 1 aliphatic rings. The zero-order valence-corrected chi connectivity index (χ0v) is 16.4. The van der Waals surface area contributed by atoms with Gasteiger partial charge in [-0.2, -0.15) is 0 Å². The van der Waals surface area contributed by atoms with Gasteiger partial charge in [0.15, 0.2) is 0 Å². The lowest BCUT2D eigenvalue weighted by atomic mass is 9.87. The summed E-state index contributed by atoms with van der Waals surface area (Å²) in [4.78, 5) is 0. The van der Waals surface area contributed by atoms with Gasteiger partial charge in [-0.3, -0.25) is 0 Å². The molecule has 1 nitrogen and oxygen atoms in total. The second kappa shape index (κ2) is 6.20. The van der Waals surface area contributed by atoms with E-state index in [0.29, 0.717) is 11.3 Å². The predicted octanol–water partition coefficient (Wildman–Crippen LogP) is 6.75. The molecule has 0 aliphatic heterocycles. The van der Waals surface area contributed by atoms with Crippen LogP contribution >= 0.6 is 23.5 Å². The van der Waals surface area contributed by atoms with Gasteiger partial charge in [-0.25, -0.2) is 4.40 Å². The first-order valence-electron chi connectivity index (χ1n) is 8.01. The molecule has 0 bridgehead atoms. The lowest BCUT2D eigenvalue weighted by molar-refractivity contribution is 0.343. The summed E-state index contributed by atoms with van der Waals surface area (Å²) in [5.41, 5.74) is 3.84. The van der Waals surface area contributed by atoms with Crippen LogP contribution in [-0.2, 0) is 0 Å². The molecule has 1 fully saturated rings. The topological polar surface area (TPSA) is 12.4 Å². The third kappa shape index (κ3) is 4.52. The summed E-state index contributed by atoms with van der Waals surface area (Å²) in [6.07, 6.45) is 1.26. The fraction of sp³-hybridized carbons (Fsp3) is 0.632. The van der Waals surface area contributed by atoms with Crippen molar-refractivity contribution >= 4 is 29.3 Å². The van der Waals surface area contributed by atoms with Gasteiger partial charge in [-0.1, -0.05) is 44.5 Å². The van der Waals surface area contributed by atoms with Crippen LogP contribution in [0.5, 0.6) is 0 Å². The van der Waals surface area contributed by atoms with Crippen LogP contribution in [0.15, 0.2) is 22.6 Å².